The van der Waals surface area contributed by atoms with E-state index in [9.17, 15) is 0 Å². The summed E-state index contributed by atoms with van der Waals surface area (Å²) in [5.41, 5.74) is 5.44. The second-order valence-electron chi connectivity index (χ2n) is 6.44. The summed E-state index contributed by atoms with van der Waals surface area (Å²) in [6.07, 6.45) is 3.23. The predicted octanol–water partition coefficient (Wildman–Crippen LogP) is 5.12. The molecule has 2 nitrogen and oxygen atoms in total. The Labute approximate surface area is 137 Å². The van der Waals surface area contributed by atoms with E-state index >= 15 is 0 Å². The van der Waals surface area contributed by atoms with Gasteiger partial charge in [-0.1, -0.05) is 12.1 Å². The van der Waals surface area contributed by atoms with Gasteiger partial charge in [-0.15, -0.1) is 0 Å². The lowest BCUT2D eigenvalue weighted by Gasteiger charge is -2.18. The van der Waals surface area contributed by atoms with Crippen LogP contribution in [0.15, 0.2) is 24.3 Å². The molecular formula is C21H22O2. The number of methoxy groups -OCH3 is 2. The van der Waals surface area contributed by atoms with Crippen molar-refractivity contribution in [1.82, 2.24) is 0 Å². The molecule has 0 aromatic heterocycles. The minimum Gasteiger partial charge on any atom is -0.496 e. The van der Waals surface area contributed by atoms with E-state index in [-0.39, 0.29) is 0 Å². The van der Waals surface area contributed by atoms with E-state index in [0.717, 1.165) is 30.8 Å². The number of benzene rings is 3. The van der Waals surface area contributed by atoms with Crippen LogP contribution in [0.4, 0.5) is 0 Å². The first-order valence-corrected chi connectivity index (χ1v) is 8.25. The summed E-state index contributed by atoms with van der Waals surface area (Å²) in [6, 6.07) is 8.68. The van der Waals surface area contributed by atoms with Crippen LogP contribution in [-0.4, -0.2) is 14.2 Å². The molecule has 0 saturated heterocycles. The van der Waals surface area contributed by atoms with Crippen molar-refractivity contribution >= 4 is 21.5 Å². The molecule has 0 aliphatic heterocycles. The molecule has 3 aromatic rings. The van der Waals surface area contributed by atoms with Crippen molar-refractivity contribution < 1.29 is 9.47 Å². The summed E-state index contributed by atoms with van der Waals surface area (Å²) < 4.78 is 11.3. The lowest BCUT2D eigenvalue weighted by Crippen LogP contribution is -1.97. The summed E-state index contributed by atoms with van der Waals surface area (Å²) >= 11 is 0. The van der Waals surface area contributed by atoms with E-state index in [2.05, 4.69) is 38.1 Å². The van der Waals surface area contributed by atoms with E-state index in [4.69, 9.17) is 9.47 Å². The molecule has 0 unspecified atom stereocenters. The Kier molecular flexibility index (Phi) is 3.22. The van der Waals surface area contributed by atoms with Crippen LogP contribution in [-0.2, 0) is 12.8 Å². The molecule has 0 heterocycles. The van der Waals surface area contributed by atoms with Crippen LogP contribution < -0.4 is 9.47 Å². The topological polar surface area (TPSA) is 18.5 Å². The molecule has 1 aliphatic carbocycles. The highest BCUT2D eigenvalue weighted by Gasteiger charge is 2.22. The van der Waals surface area contributed by atoms with Gasteiger partial charge in [-0.3, -0.25) is 0 Å². The molecule has 3 aromatic carbocycles. The molecule has 0 N–H and O–H groups in total. The van der Waals surface area contributed by atoms with E-state index in [0.29, 0.717) is 0 Å². The highest BCUT2D eigenvalue weighted by molar-refractivity contribution is 6.15. The molecule has 23 heavy (non-hydrogen) atoms. The second kappa shape index (κ2) is 5.16. The highest BCUT2D eigenvalue weighted by Crippen LogP contribution is 2.44. The van der Waals surface area contributed by atoms with Gasteiger partial charge in [0.05, 0.1) is 14.2 Å². The van der Waals surface area contributed by atoms with E-state index in [1.165, 1.54) is 43.8 Å². The van der Waals surface area contributed by atoms with Gasteiger partial charge in [0, 0.05) is 11.1 Å². The molecular weight excluding hydrogens is 284 g/mol. The Hall–Kier alpha value is -2.22. The summed E-state index contributed by atoms with van der Waals surface area (Å²) in [6.45, 7) is 4.46. The summed E-state index contributed by atoms with van der Waals surface area (Å²) in [4.78, 5) is 0. The van der Waals surface area contributed by atoms with E-state index in [1.807, 2.05) is 0 Å². The zero-order chi connectivity index (χ0) is 16.1. The fraction of sp³-hybridized carbons (Fsp3) is 0.333. The van der Waals surface area contributed by atoms with Crippen LogP contribution >= 0.6 is 0 Å². The molecule has 2 heteroatoms. The maximum atomic E-state index is 5.67. The van der Waals surface area contributed by atoms with Crippen molar-refractivity contribution in [1.29, 1.82) is 0 Å². The first-order valence-electron chi connectivity index (χ1n) is 8.25. The molecule has 0 bridgehead atoms. The minimum absolute atomic E-state index is 1.01. The first kappa shape index (κ1) is 14.4. The lowest BCUT2D eigenvalue weighted by molar-refractivity contribution is 0.408. The Morgan fingerprint density at radius 1 is 0.696 bits per heavy atom. The fourth-order valence-corrected chi connectivity index (χ4v) is 4.18. The van der Waals surface area contributed by atoms with Crippen molar-refractivity contribution in [2.45, 2.75) is 33.1 Å². The number of hydrogen-bond donors (Lipinski definition) is 0. The van der Waals surface area contributed by atoms with Crippen LogP contribution in [0.1, 0.15) is 28.7 Å². The van der Waals surface area contributed by atoms with Crippen molar-refractivity contribution in [3.63, 3.8) is 0 Å². The lowest BCUT2D eigenvalue weighted by atomic mass is 9.88. The third-order valence-electron chi connectivity index (χ3n) is 5.45. The SMILES string of the molecule is COc1ccc2c(C)c(C)c3ccc(OC)c4c3c2c1CCC4. The molecule has 1 aliphatic rings. The monoisotopic (exact) mass is 306 g/mol. The minimum atomic E-state index is 1.01. The highest BCUT2D eigenvalue weighted by atomic mass is 16.5. The van der Waals surface area contributed by atoms with E-state index < -0.39 is 0 Å². The zero-order valence-electron chi connectivity index (χ0n) is 14.2. The Balaban J connectivity index is 2.33. The standard InChI is InChI=1S/C21H22O2/c1-12-13(2)15-9-11-19(23-4)17-7-5-6-16-18(22-3)10-8-14(12)20(16)21(15)17/h8-11H,5-7H2,1-4H3. The largest absolute Gasteiger partial charge is 0.496 e. The molecule has 0 amide bonds. The average molecular weight is 306 g/mol. The van der Waals surface area contributed by atoms with Gasteiger partial charge in [-0.2, -0.15) is 0 Å². The molecule has 0 saturated carbocycles. The van der Waals surface area contributed by atoms with Crippen molar-refractivity contribution in [3.05, 3.63) is 46.5 Å². The van der Waals surface area contributed by atoms with Gasteiger partial charge < -0.3 is 9.47 Å². The van der Waals surface area contributed by atoms with Crippen LogP contribution in [0, 0.1) is 13.8 Å². The van der Waals surface area contributed by atoms with Gasteiger partial charge in [0.2, 0.25) is 0 Å². The van der Waals surface area contributed by atoms with Gasteiger partial charge in [0.1, 0.15) is 11.5 Å². The summed E-state index contributed by atoms with van der Waals surface area (Å²) in [5.74, 6) is 2.02. The number of ether oxygens (including phenoxy) is 2. The Morgan fingerprint density at radius 2 is 1.13 bits per heavy atom. The van der Waals surface area contributed by atoms with Crippen molar-refractivity contribution in [3.8, 4) is 11.5 Å². The number of hydrogen-bond acceptors (Lipinski definition) is 2. The van der Waals surface area contributed by atoms with E-state index in [1.54, 1.807) is 14.2 Å². The number of rotatable bonds is 2. The molecule has 0 spiro atoms. The van der Waals surface area contributed by atoms with Crippen LogP contribution in [0.5, 0.6) is 11.5 Å². The second-order valence-corrected chi connectivity index (χ2v) is 6.44. The zero-order valence-corrected chi connectivity index (χ0v) is 14.2. The molecule has 118 valence electrons. The fourth-order valence-electron chi connectivity index (χ4n) is 4.18. The molecule has 0 atom stereocenters. The van der Waals surface area contributed by atoms with Gasteiger partial charge in [-0.05, 0) is 77.9 Å². The first-order chi connectivity index (χ1) is 11.2. The molecule has 0 fully saturated rings. The van der Waals surface area contributed by atoms with Gasteiger partial charge in [0.15, 0.2) is 0 Å². The molecule has 0 radical (unpaired) electrons. The maximum Gasteiger partial charge on any atom is 0.122 e. The Bertz CT molecular complexity index is 861. The summed E-state index contributed by atoms with van der Waals surface area (Å²) in [7, 11) is 3.54. The van der Waals surface area contributed by atoms with Crippen LogP contribution in [0.2, 0.25) is 0 Å². The van der Waals surface area contributed by atoms with Crippen LogP contribution in [0.25, 0.3) is 21.5 Å². The molecule has 4 rings (SSSR count). The maximum absolute atomic E-state index is 5.67. The van der Waals surface area contributed by atoms with Gasteiger partial charge in [-0.25, -0.2) is 0 Å². The number of aryl methyl sites for hydroxylation is 4. The normalized spacial score (nSPS) is 13.6. The van der Waals surface area contributed by atoms with Gasteiger partial charge in [0.25, 0.3) is 0 Å². The van der Waals surface area contributed by atoms with Crippen LogP contribution in [0.3, 0.4) is 0 Å². The quantitative estimate of drug-likeness (QED) is 0.612. The summed E-state index contributed by atoms with van der Waals surface area (Å²) in [5, 5.41) is 5.44. The third kappa shape index (κ3) is 1.87. The third-order valence-corrected chi connectivity index (χ3v) is 5.45. The smallest absolute Gasteiger partial charge is 0.122 e. The average Bonchev–Trinajstić information content (AvgIpc) is 2.78. The Morgan fingerprint density at radius 3 is 1.52 bits per heavy atom. The van der Waals surface area contributed by atoms with Crippen molar-refractivity contribution in [2.75, 3.05) is 14.2 Å². The van der Waals surface area contributed by atoms with Crippen molar-refractivity contribution in [2.24, 2.45) is 0 Å². The predicted molar refractivity (Wildman–Crippen MR) is 96.1 cm³/mol. The van der Waals surface area contributed by atoms with Gasteiger partial charge >= 0.3 is 0 Å².